The molecule has 2 saturated carbocycles. The van der Waals surface area contributed by atoms with Gasteiger partial charge >= 0.3 is 12.0 Å². The summed E-state index contributed by atoms with van der Waals surface area (Å²) < 4.78 is 5.29. The maximum Gasteiger partial charge on any atom is 0.338 e. The Kier molecular flexibility index (Phi) is 5.68. The molecule has 0 saturated heterocycles. The first-order chi connectivity index (χ1) is 12.8. The number of benzene rings is 1. The molecule has 146 valence electrons. The zero-order valence-corrected chi connectivity index (χ0v) is 15.7. The van der Waals surface area contributed by atoms with E-state index in [1.165, 1.54) is 31.7 Å². The number of nitrogens with one attached hydrogen (secondary N) is 2. The number of esters is 1. The zero-order chi connectivity index (χ0) is 19.6. The van der Waals surface area contributed by atoms with Crippen LogP contribution in [0.2, 0.25) is 0 Å². The minimum atomic E-state index is -0.897. The van der Waals surface area contributed by atoms with Crippen molar-refractivity contribution in [3.8, 4) is 0 Å². The van der Waals surface area contributed by atoms with Gasteiger partial charge in [0, 0.05) is 11.7 Å². The molecule has 3 amide bonds. The highest BCUT2D eigenvalue weighted by Crippen LogP contribution is 2.49. The summed E-state index contributed by atoms with van der Waals surface area (Å²) in [6.45, 7) is 3.60. The Labute approximate surface area is 159 Å². The van der Waals surface area contributed by atoms with E-state index in [1.54, 1.807) is 25.1 Å². The Morgan fingerprint density at radius 3 is 2.59 bits per heavy atom. The molecule has 1 aromatic carbocycles. The largest absolute Gasteiger partial charge is 0.449 e. The van der Waals surface area contributed by atoms with Gasteiger partial charge in [0.15, 0.2) is 6.10 Å². The molecule has 7 heteroatoms. The van der Waals surface area contributed by atoms with Gasteiger partial charge in [-0.3, -0.25) is 4.79 Å². The number of primary amides is 1. The van der Waals surface area contributed by atoms with E-state index in [0.717, 1.165) is 5.92 Å². The van der Waals surface area contributed by atoms with Crippen molar-refractivity contribution in [2.24, 2.45) is 23.5 Å². The zero-order valence-electron chi connectivity index (χ0n) is 15.7. The third-order valence-corrected chi connectivity index (χ3v) is 5.82. The van der Waals surface area contributed by atoms with Crippen LogP contribution in [0, 0.1) is 17.8 Å². The number of ether oxygens (including phenoxy) is 1. The first kappa shape index (κ1) is 19.2. The van der Waals surface area contributed by atoms with Crippen molar-refractivity contribution >= 4 is 23.6 Å². The van der Waals surface area contributed by atoms with Crippen LogP contribution in [-0.4, -0.2) is 30.1 Å². The lowest BCUT2D eigenvalue weighted by Crippen LogP contribution is -2.45. The summed E-state index contributed by atoms with van der Waals surface area (Å²) in [5.74, 6) is 1.13. The van der Waals surface area contributed by atoms with Crippen molar-refractivity contribution in [2.45, 2.75) is 51.7 Å². The van der Waals surface area contributed by atoms with E-state index in [4.69, 9.17) is 10.5 Å². The third-order valence-electron chi connectivity index (χ3n) is 5.82. The van der Waals surface area contributed by atoms with Crippen LogP contribution in [0.15, 0.2) is 24.3 Å². The van der Waals surface area contributed by atoms with Gasteiger partial charge in [0.1, 0.15) is 0 Å². The van der Waals surface area contributed by atoms with Crippen LogP contribution in [0.5, 0.6) is 0 Å². The summed E-state index contributed by atoms with van der Waals surface area (Å²) in [6.07, 6.45) is 4.15. The Morgan fingerprint density at radius 1 is 1.19 bits per heavy atom. The molecule has 2 aliphatic rings. The van der Waals surface area contributed by atoms with Gasteiger partial charge in [-0.15, -0.1) is 0 Å². The second kappa shape index (κ2) is 7.98. The number of anilines is 1. The molecule has 0 aliphatic heterocycles. The van der Waals surface area contributed by atoms with Gasteiger partial charge in [-0.2, -0.15) is 0 Å². The molecule has 4 N–H and O–H groups in total. The van der Waals surface area contributed by atoms with E-state index in [-0.39, 0.29) is 17.5 Å². The predicted octanol–water partition coefficient (Wildman–Crippen LogP) is 2.66. The molecular weight excluding hydrogens is 346 g/mol. The molecule has 0 unspecified atom stereocenters. The molecule has 2 aliphatic carbocycles. The number of rotatable bonds is 6. The van der Waals surface area contributed by atoms with Gasteiger partial charge in [-0.05, 0) is 69.1 Å². The molecule has 0 radical (unpaired) electrons. The topological polar surface area (TPSA) is 111 Å². The van der Waals surface area contributed by atoms with Crippen molar-refractivity contribution in [3.63, 3.8) is 0 Å². The van der Waals surface area contributed by atoms with E-state index in [0.29, 0.717) is 17.5 Å². The number of carbonyl (C=O) groups excluding carboxylic acids is 3. The molecule has 0 heterocycles. The Bertz CT molecular complexity index is 736. The van der Waals surface area contributed by atoms with Gasteiger partial charge in [-0.25, -0.2) is 9.59 Å². The average Bonchev–Trinajstić information content (AvgIpc) is 3.24. The van der Waals surface area contributed by atoms with Crippen LogP contribution < -0.4 is 16.4 Å². The van der Waals surface area contributed by atoms with E-state index in [2.05, 4.69) is 10.6 Å². The molecular formula is C20H27N3O4. The van der Waals surface area contributed by atoms with Crippen LogP contribution in [0.1, 0.15) is 49.9 Å². The lowest BCUT2D eigenvalue weighted by molar-refractivity contribution is -0.130. The average molecular weight is 373 g/mol. The first-order valence-corrected chi connectivity index (χ1v) is 9.51. The molecule has 2 bridgehead atoms. The monoisotopic (exact) mass is 373 g/mol. The molecule has 1 aromatic rings. The predicted molar refractivity (Wildman–Crippen MR) is 101 cm³/mol. The lowest BCUT2D eigenvalue weighted by Gasteiger charge is -2.29. The fourth-order valence-electron chi connectivity index (χ4n) is 4.50. The molecule has 0 aromatic heterocycles. The molecule has 0 spiro atoms. The third kappa shape index (κ3) is 4.59. The smallest absolute Gasteiger partial charge is 0.338 e. The number of amides is 3. The quantitative estimate of drug-likeness (QED) is 0.666. The van der Waals surface area contributed by atoms with Gasteiger partial charge in [0.2, 0.25) is 0 Å². The van der Waals surface area contributed by atoms with Crippen molar-refractivity contribution in [1.29, 1.82) is 0 Å². The minimum absolute atomic E-state index is 0.0806. The number of hydrogen-bond acceptors (Lipinski definition) is 4. The molecule has 3 rings (SSSR count). The summed E-state index contributed by atoms with van der Waals surface area (Å²) in [6, 6.07) is 5.57. The number of urea groups is 1. The van der Waals surface area contributed by atoms with Gasteiger partial charge < -0.3 is 21.1 Å². The van der Waals surface area contributed by atoms with Gasteiger partial charge in [-0.1, -0.05) is 12.5 Å². The highest BCUT2D eigenvalue weighted by atomic mass is 16.5. The number of hydrogen-bond donors (Lipinski definition) is 3. The second-order valence-electron chi connectivity index (χ2n) is 7.75. The molecule has 27 heavy (non-hydrogen) atoms. The first-order valence-electron chi connectivity index (χ1n) is 9.51. The van der Waals surface area contributed by atoms with E-state index < -0.39 is 18.1 Å². The maximum atomic E-state index is 12.4. The second-order valence-corrected chi connectivity index (χ2v) is 7.75. The highest BCUT2D eigenvalue weighted by molar-refractivity contribution is 5.95. The lowest BCUT2D eigenvalue weighted by atomic mass is 9.84. The Balaban J connectivity index is 1.53. The molecule has 7 nitrogen and oxygen atoms in total. The fraction of sp³-hybridized carbons (Fsp3) is 0.550. The Hall–Kier alpha value is -2.57. The molecule has 5 atom stereocenters. The number of carbonyl (C=O) groups is 3. The minimum Gasteiger partial charge on any atom is -0.449 e. The summed E-state index contributed by atoms with van der Waals surface area (Å²) in [4.78, 5) is 35.6. The fourth-order valence-corrected chi connectivity index (χ4v) is 4.50. The van der Waals surface area contributed by atoms with E-state index in [9.17, 15) is 14.4 Å². The van der Waals surface area contributed by atoms with Crippen LogP contribution in [-0.2, 0) is 9.53 Å². The van der Waals surface area contributed by atoms with Crippen molar-refractivity contribution in [1.82, 2.24) is 5.32 Å². The summed E-state index contributed by atoms with van der Waals surface area (Å²) in [5, 5.41) is 5.41. The summed E-state index contributed by atoms with van der Waals surface area (Å²) in [5.41, 5.74) is 5.70. The maximum absolute atomic E-state index is 12.4. The SMILES string of the molecule is C[C@H](OC(=O)c1cccc(NC(N)=O)c1)C(=O)N[C@H](C)[C@@H]1C[C@H]2CC[C@H]1C2. The van der Waals surface area contributed by atoms with Crippen molar-refractivity contribution in [2.75, 3.05) is 5.32 Å². The summed E-state index contributed by atoms with van der Waals surface area (Å²) >= 11 is 0. The van der Waals surface area contributed by atoms with E-state index >= 15 is 0 Å². The number of nitrogens with two attached hydrogens (primary N) is 1. The van der Waals surface area contributed by atoms with E-state index in [1.807, 2.05) is 6.92 Å². The van der Waals surface area contributed by atoms with Gasteiger partial charge in [0.25, 0.3) is 5.91 Å². The van der Waals surface area contributed by atoms with Crippen molar-refractivity contribution in [3.05, 3.63) is 29.8 Å². The van der Waals surface area contributed by atoms with Gasteiger partial charge in [0.05, 0.1) is 5.56 Å². The number of fused-ring (bicyclic) bond motifs is 2. The van der Waals surface area contributed by atoms with Crippen molar-refractivity contribution < 1.29 is 19.1 Å². The van der Waals surface area contributed by atoms with Crippen LogP contribution in [0.25, 0.3) is 0 Å². The van der Waals surface area contributed by atoms with Crippen LogP contribution >= 0.6 is 0 Å². The Morgan fingerprint density at radius 2 is 1.96 bits per heavy atom. The normalized spacial score (nSPS) is 25.5. The van der Waals surface area contributed by atoms with Crippen LogP contribution in [0.3, 0.4) is 0 Å². The molecule has 2 fully saturated rings. The van der Waals surface area contributed by atoms with Crippen LogP contribution in [0.4, 0.5) is 10.5 Å². The summed E-state index contributed by atoms with van der Waals surface area (Å²) in [7, 11) is 0. The highest BCUT2D eigenvalue weighted by Gasteiger charge is 2.42. The standard InChI is InChI=1S/C20H27N3O4/c1-11(17-9-13-6-7-14(17)8-13)22-18(24)12(2)27-19(25)15-4-3-5-16(10-15)23-20(21)26/h3-5,10-14,17H,6-9H2,1-2H3,(H,22,24)(H3,21,23,26)/t11-,12+,13+,14+,17+/m1/s1.